The number of rotatable bonds is 5. The van der Waals surface area contributed by atoms with Gasteiger partial charge in [-0.3, -0.25) is 4.79 Å². The zero-order valence-corrected chi connectivity index (χ0v) is 11.1. The fourth-order valence-corrected chi connectivity index (χ4v) is 2.43. The van der Waals surface area contributed by atoms with E-state index in [1.165, 1.54) is 0 Å². The molecule has 2 rings (SSSR count). The molecular formula is C15H18F2O3. The molecule has 0 bridgehead atoms. The van der Waals surface area contributed by atoms with E-state index in [-0.39, 0.29) is 18.5 Å². The number of halogens is 2. The normalized spacial score (nSPS) is 22.8. The third kappa shape index (κ3) is 4.56. The van der Waals surface area contributed by atoms with E-state index in [0.717, 1.165) is 5.56 Å². The molecule has 0 unspecified atom stereocenters. The molecule has 1 saturated carbocycles. The molecule has 0 aromatic heterocycles. The average molecular weight is 284 g/mol. The lowest BCUT2D eigenvalue weighted by Crippen LogP contribution is -2.28. The quantitative estimate of drug-likeness (QED) is 0.776. The van der Waals surface area contributed by atoms with Crippen LogP contribution < -0.4 is 0 Å². The molecule has 0 amide bonds. The number of benzene rings is 1. The number of ether oxygens (including phenoxy) is 2. The van der Waals surface area contributed by atoms with Gasteiger partial charge in [0, 0.05) is 0 Å². The Morgan fingerprint density at radius 1 is 1.15 bits per heavy atom. The third-order valence-corrected chi connectivity index (χ3v) is 3.53. The minimum absolute atomic E-state index is 0.198. The van der Waals surface area contributed by atoms with Gasteiger partial charge in [0.05, 0.1) is 12.0 Å². The van der Waals surface area contributed by atoms with Crippen molar-refractivity contribution in [1.82, 2.24) is 0 Å². The zero-order chi connectivity index (χ0) is 14.4. The first-order chi connectivity index (χ1) is 9.65. The van der Waals surface area contributed by atoms with Crippen LogP contribution in [0.15, 0.2) is 30.3 Å². The summed E-state index contributed by atoms with van der Waals surface area (Å²) in [7, 11) is 0. The van der Waals surface area contributed by atoms with Crippen molar-refractivity contribution in [3.05, 3.63) is 35.9 Å². The summed E-state index contributed by atoms with van der Waals surface area (Å²) in [5.41, 5.74) is 0.940. The molecular weight excluding hydrogens is 266 g/mol. The number of esters is 1. The van der Waals surface area contributed by atoms with Gasteiger partial charge in [-0.1, -0.05) is 30.3 Å². The molecule has 110 valence electrons. The standard InChI is InChI=1S/C15H18F2O3/c16-15(17)20-13-8-6-12(7-9-13)14(18)19-10-11-4-2-1-3-5-11/h1-5,12-13,15H,6-10H2. The van der Waals surface area contributed by atoms with E-state index in [9.17, 15) is 13.6 Å². The lowest BCUT2D eigenvalue weighted by atomic mass is 9.87. The Labute approximate surface area is 116 Å². The molecule has 0 heterocycles. The summed E-state index contributed by atoms with van der Waals surface area (Å²) < 4.78 is 33.9. The van der Waals surface area contributed by atoms with E-state index in [1.807, 2.05) is 30.3 Å². The predicted molar refractivity (Wildman–Crippen MR) is 69.1 cm³/mol. The first-order valence-electron chi connectivity index (χ1n) is 6.79. The van der Waals surface area contributed by atoms with Crippen LogP contribution in [0, 0.1) is 5.92 Å². The van der Waals surface area contributed by atoms with Crippen LogP contribution in [-0.4, -0.2) is 18.7 Å². The maximum Gasteiger partial charge on any atom is 0.345 e. The second kappa shape index (κ2) is 7.33. The Kier molecular flexibility index (Phi) is 5.47. The summed E-state index contributed by atoms with van der Waals surface area (Å²) in [4.78, 5) is 11.9. The smallest absolute Gasteiger partial charge is 0.345 e. The van der Waals surface area contributed by atoms with E-state index < -0.39 is 12.7 Å². The summed E-state index contributed by atoms with van der Waals surface area (Å²) in [5.74, 6) is -0.444. The lowest BCUT2D eigenvalue weighted by molar-refractivity contribution is -0.175. The Balaban J connectivity index is 1.72. The minimum atomic E-state index is -2.73. The van der Waals surface area contributed by atoms with Gasteiger partial charge in [0.1, 0.15) is 6.61 Å². The molecule has 1 aromatic rings. The van der Waals surface area contributed by atoms with Crippen LogP contribution in [0.3, 0.4) is 0 Å². The van der Waals surface area contributed by atoms with Gasteiger partial charge in [-0.15, -0.1) is 0 Å². The minimum Gasteiger partial charge on any atom is -0.461 e. The van der Waals surface area contributed by atoms with Gasteiger partial charge >= 0.3 is 12.6 Å². The zero-order valence-electron chi connectivity index (χ0n) is 11.1. The lowest BCUT2D eigenvalue weighted by Gasteiger charge is -2.26. The van der Waals surface area contributed by atoms with E-state index in [4.69, 9.17) is 4.74 Å². The van der Waals surface area contributed by atoms with Crippen LogP contribution in [-0.2, 0) is 20.9 Å². The molecule has 1 aromatic carbocycles. The molecule has 0 radical (unpaired) electrons. The summed E-state index contributed by atoms with van der Waals surface area (Å²) in [6.45, 7) is -2.48. The number of hydrogen-bond acceptors (Lipinski definition) is 3. The Morgan fingerprint density at radius 3 is 2.40 bits per heavy atom. The van der Waals surface area contributed by atoms with Crippen molar-refractivity contribution in [1.29, 1.82) is 0 Å². The Hall–Kier alpha value is -1.49. The molecule has 0 saturated heterocycles. The Bertz CT molecular complexity index is 414. The molecule has 0 atom stereocenters. The van der Waals surface area contributed by atoms with Gasteiger partial charge < -0.3 is 9.47 Å². The topological polar surface area (TPSA) is 35.5 Å². The van der Waals surface area contributed by atoms with Crippen molar-refractivity contribution in [2.24, 2.45) is 5.92 Å². The molecule has 20 heavy (non-hydrogen) atoms. The molecule has 1 aliphatic carbocycles. The van der Waals surface area contributed by atoms with E-state index >= 15 is 0 Å². The first kappa shape index (κ1) is 14.9. The Morgan fingerprint density at radius 2 is 1.80 bits per heavy atom. The highest BCUT2D eigenvalue weighted by Gasteiger charge is 2.29. The predicted octanol–water partition coefficient (Wildman–Crippen LogP) is 3.53. The van der Waals surface area contributed by atoms with Crippen LogP contribution in [0.2, 0.25) is 0 Å². The molecule has 0 spiro atoms. The van der Waals surface area contributed by atoms with Crippen LogP contribution in [0.25, 0.3) is 0 Å². The second-order valence-electron chi connectivity index (χ2n) is 4.96. The van der Waals surface area contributed by atoms with E-state index in [2.05, 4.69) is 4.74 Å². The molecule has 3 nitrogen and oxygen atoms in total. The second-order valence-corrected chi connectivity index (χ2v) is 4.96. The monoisotopic (exact) mass is 284 g/mol. The van der Waals surface area contributed by atoms with Gasteiger partial charge in [-0.2, -0.15) is 8.78 Å². The number of carbonyl (C=O) groups excluding carboxylic acids is 1. The SMILES string of the molecule is O=C(OCc1ccccc1)C1CCC(OC(F)F)CC1. The van der Waals surface area contributed by atoms with Crippen molar-refractivity contribution in [2.45, 2.75) is 45.0 Å². The van der Waals surface area contributed by atoms with Gasteiger partial charge in [-0.25, -0.2) is 0 Å². The third-order valence-electron chi connectivity index (χ3n) is 3.53. The van der Waals surface area contributed by atoms with Crippen molar-refractivity contribution in [3.8, 4) is 0 Å². The van der Waals surface area contributed by atoms with E-state index in [0.29, 0.717) is 25.7 Å². The van der Waals surface area contributed by atoms with Crippen molar-refractivity contribution >= 4 is 5.97 Å². The number of hydrogen-bond donors (Lipinski definition) is 0. The largest absolute Gasteiger partial charge is 0.461 e. The first-order valence-corrected chi connectivity index (χ1v) is 6.79. The highest BCUT2D eigenvalue weighted by Crippen LogP contribution is 2.28. The van der Waals surface area contributed by atoms with Gasteiger partial charge in [0.15, 0.2) is 0 Å². The maximum absolute atomic E-state index is 12.1. The molecule has 1 fully saturated rings. The average Bonchev–Trinajstić information content (AvgIpc) is 2.46. The molecule has 0 aliphatic heterocycles. The summed E-state index contributed by atoms with van der Waals surface area (Å²) in [6, 6.07) is 9.45. The van der Waals surface area contributed by atoms with Crippen LogP contribution >= 0.6 is 0 Å². The van der Waals surface area contributed by atoms with Crippen LogP contribution in [0.1, 0.15) is 31.2 Å². The van der Waals surface area contributed by atoms with Gasteiger partial charge in [0.2, 0.25) is 0 Å². The van der Waals surface area contributed by atoms with Gasteiger partial charge in [-0.05, 0) is 31.2 Å². The van der Waals surface area contributed by atoms with Crippen LogP contribution in [0.5, 0.6) is 0 Å². The molecule has 5 heteroatoms. The molecule has 0 N–H and O–H groups in total. The molecule has 1 aliphatic rings. The summed E-state index contributed by atoms with van der Waals surface area (Å²) in [6.07, 6.45) is 1.62. The fraction of sp³-hybridized carbons (Fsp3) is 0.533. The summed E-state index contributed by atoms with van der Waals surface area (Å²) >= 11 is 0. The van der Waals surface area contributed by atoms with Crippen molar-refractivity contribution in [2.75, 3.05) is 0 Å². The van der Waals surface area contributed by atoms with Crippen molar-refractivity contribution in [3.63, 3.8) is 0 Å². The maximum atomic E-state index is 12.1. The van der Waals surface area contributed by atoms with Crippen LogP contribution in [0.4, 0.5) is 8.78 Å². The highest BCUT2D eigenvalue weighted by atomic mass is 19.3. The van der Waals surface area contributed by atoms with Crippen molar-refractivity contribution < 1.29 is 23.0 Å². The fourth-order valence-electron chi connectivity index (χ4n) is 2.43. The summed E-state index contributed by atoms with van der Waals surface area (Å²) in [5, 5.41) is 0. The highest BCUT2D eigenvalue weighted by molar-refractivity contribution is 5.72. The number of alkyl halides is 2. The van der Waals surface area contributed by atoms with Gasteiger partial charge in [0.25, 0.3) is 0 Å². The van der Waals surface area contributed by atoms with E-state index in [1.54, 1.807) is 0 Å². The number of carbonyl (C=O) groups is 1.